The fraction of sp³-hybridized carbons (Fsp3) is 0.174. The molecule has 0 bridgehead atoms. The Labute approximate surface area is 187 Å². The molecule has 1 amide bonds. The number of hydrogen-bond acceptors (Lipinski definition) is 5. The molecule has 0 aliphatic carbocycles. The average Bonchev–Trinajstić information content (AvgIpc) is 2.78. The summed E-state index contributed by atoms with van der Waals surface area (Å²) in [6.07, 6.45) is 3.28. The van der Waals surface area contributed by atoms with Crippen LogP contribution in [0.1, 0.15) is 29.8 Å². The lowest BCUT2D eigenvalue weighted by molar-refractivity contribution is 0.0943. The number of carbonyl (C=O) groups excluding carboxylic acids is 1. The number of benzene rings is 2. The lowest BCUT2D eigenvalue weighted by Gasteiger charge is -2.10. The van der Waals surface area contributed by atoms with Crippen LogP contribution in [-0.4, -0.2) is 31.3 Å². The summed E-state index contributed by atoms with van der Waals surface area (Å²) in [6.45, 7) is 3.97. The maximum atomic E-state index is 13.0. The molecule has 3 rings (SSSR count). The lowest BCUT2D eigenvalue weighted by atomic mass is 10.2. The van der Waals surface area contributed by atoms with E-state index in [0.29, 0.717) is 5.56 Å². The molecular weight excluding hydrogens is 426 g/mol. The number of hydrogen-bond donors (Lipinski definition) is 3. The molecular formula is C23H25N5O3S. The Bertz CT molecular complexity index is 1210. The third-order valence-electron chi connectivity index (χ3n) is 4.44. The summed E-state index contributed by atoms with van der Waals surface area (Å²) < 4.78 is 26.0. The zero-order valence-corrected chi connectivity index (χ0v) is 18.6. The van der Waals surface area contributed by atoms with Gasteiger partial charge in [-0.15, -0.1) is 0 Å². The normalized spacial score (nSPS) is 11.9. The van der Waals surface area contributed by atoms with Crippen molar-refractivity contribution in [2.45, 2.75) is 36.2 Å². The summed E-state index contributed by atoms with van der Waals surface area (Å²) in [5.41, 5.74) is 7.75. The Balaban J connectivity index is 1.72. The maximum Gasteiger partial charge on any atom is 0.251 e. The van der Waals surface area contributed by atoms with Crippen molar-refractivity contribution in [3.63, 3.8) is 0 Å². The van der Waals surface area contributed by atoms with Gasteiger partial charge in [0.15, 0.2) is 5.96 Å². The second-order valence-corrected chi connectivity index (χ2v) is 9.32. The largest absolute Gasteiger partial charge is 0.370 e. The van der Waals surface area contributed by atoms with Crippen LogP contribution in [0.25, 0.3) is 0 Å². The third kappa shape index (κ3) is 5.92. The van der Waals surface area contributed by atoms with Gasteiger partial charge in [-0.05, 0) is 61.9 Å². The van der Waals surface area contributed by atoms with E-state index in [1.165, 1.54) is 24.3 Å². The highest BCUT2D eigenvalue weighted by atomic mass is 32.2. The van der Waals surface area contributed by atoms with Gasteiger partial charge in [0.2, 0.25) is 9.84 Å². The molecule has 32 heavy (non-hydrogen) atoms. The van der Waals surface area contributed by atoms with Crippen molar-refractivity contribution in [3.05, 3.63) is 84.2 Å². The quantitative estimate of drug-likeness (QED) is 0.374. The monoisotopic (exact) mass is 451 g/mol. The SMILES string of the molecule is CC(C)NC(=O)c1cccc(S(=O)(=O)c2ccc(CN=C(N)Nc3ccncc3)cc2)c1. The number of nitrogens with two attached hydrogens (primary N) is 1. The molecule has 1 aromatic heterocycles. The number of carbonyl (C=O) groups is 1. The van der Waals surface area contributed by atoms with Gasteiger partial charge < -0.3 is 16.4 Å². The minimum atomic E-state index is -3.77. The molecule has 1 heterocycles. The molecule has 0 atom stereocenters. The van der Waals surface area contributed by atoms with E-state index in [1.807, 2.05) is 13.8 Å². The zero-order valence-electron chi connectivity index (χ0n) is 17.8. The van der Waals surface area contributed by atoms with Crippen LogP contribution >= 0.6 is 0 Å². The molecule has 2 aromatic carbocycles. The van der Waals surface area contributed by atoms with Crippen LogP contribution in [0, 0.1) is 0 Å². The van der Waals surface area contributed by atoms with Gasteiger partial charge in [-0.1, -0.05) is 18.2 Å². The Morgan fingerprint density at radius 3 is 2.38 bits per heavy atom. The van der Waals surface area contributed by atoms with E-state index >= 15 is 0 Å². The molecule has 0 fully saturated rings. The highest BCUT2D eigenvalue weighted by Crippen LogP contribution is 2.22. The number of nitrogens with zero attached hydrogens (tertiary/aromatic N) is 2. The molecule has 0 saturated carbocycles. The first kappa shape index (κ1) is 23.0. The number of nitrogens with one attached hydrogen (secondary N) is 2. The molecule has 3 aromatic rings. The van der Waals surface area contributed by atoms with Crippen molar-refractivity contribution in [2.24, 2.45) is 10.7 Å². The first-order chi connectivity index (χ1) is 15.3. The van der Waals surface area contributed by atoms with Crippen molar-refractivity contribution < 1.29 is 13.2 Å². The van der Waals surface area contributed by atoms with Gasteiger partial charge in [-0.25, -0.2) is 13.4 Å². The Morgan fingerprint density at radius 2 is 1.72 bits per heavy atom. The molecule has 0 saturated heterocycles. The van der Waals surface area contributed by atoms with E-state index in [1.54, 1.807) is 48.8 Å². The molecule has 0 radical (unpaired) electrons. The van der Waals surface area contributed by atoms with E-state index in [2.05, 4.69) is 20.6 Å². The lowest BCUT2D eigenvalue weighted by Crippen LogP contribution is -2.30. The highest BCUT2D eigenvalue weighted by Gasteiger charge is 2.19. The van der Waals surface area contributed by atoms with Gasteiger partial charge in [-0.3, -0.25) is 9.78 Å². The number of guanidine groups is 1. The maximum absolute atomic E-state index is 13.0. The van der Waals surface area contributed by atoms with Gasteiger partial charge in [0.25, 0.3) is 5.91 Å². The van der Waals surface area contributed by atoms with Crippen LogP contribution in [0.2, 0.25) is 0 Å². The van der Waals surface area contributed by atoms with Crippen molar-refractivity contribution in [1.82, 2.24) is 10.3 Å². The van der Waals surface area contributed by atoms with E-state index in [-0.39, 0.29) is 34.2 Å². The summed E-state index contributed by atoms with van der Waals surface area (Å²) in [4.78, 5) is 20.6. The smallest absolute Gasteiger partial charge is 0.251 e. The number of anilines is 1. The highest BCUT2D eigenvalue weighted by molar-refractivity contribution is 7.91. The van der Waals surface area contributed by atoms with Crippen molar-refractivity contribution in [2.75, 3.05) is 5.32 Å². The summed E-state index contributed by atoms with van der Waals surface area (Å²) >= 11 is 0. The van der Waals surface area contributed by atoms with Crippen LogP contribution < -0.4 is 16.4 Å². The Hall–Kier alpha value is -3.72. The average molecular weight is 452 g/mol. The van der Waals surface area contributed by atoms with Crippen LogP contribution in [0.15, 0.2) is 87.8 Å². The van der Waals surface area contributed by atoms with E-state index < -0.39 is 9.84 Å². The number of aliphatic imine (C=N–C) groups is 1. The number of amides is 1. The van der Waals surface area contributed by atoms with Crippen LogP contribution in [-0.2, 0) is 16.4 Å². The summed E-state index contributed by atoms with van der Waals surface area (Å²) in [5.74, 6) is -0.0763. The topological polar surface area (TPSA) is 127 Å². The van der Waals surface area contributed by atoms with E-state index in [4.69, 9.17) is 5.73 Å². The van der Waals surface area contributed by atoms with E-state index in [0.717, 1.165) is 11.3 Å². The summed E-state index contributed by atoms with van der Waals surface area (Å²) in [5, 5.41) is 5.71. The molecule has 0 aliphatic rings. The fourth-order valence-corrected chi connectivity index (χ4v) is 4.17. The predicted molar refractivity (Wildman–Crippen MR) is 124 cm³/mol. The van der Waals surface area contributed by atoms with Crippen LogP contribution in [0.4, 0.5) is 5.69 Å². The fourth-order valence-electron chi connectivity index (χ4n) is 2.86. The predicted octanol–water partition coefficient (Wildman–Crippen LogP) is 2.98. The molecule has 8 nitrogen and oxygen atoms in total. The minimum Gasteiger partial charge on any atom is -0.370 e. The van der Waals surface area contributed by atoms with Crippen molar-refractivity contribution in [3.8, 4) is 0 Å². The first-order valence-electron chi connectivity index (χ1n) is 9.97. The van der Waals surface area contributed by atoms with Crippen molar-refractivity contribution >= 4 is 27.4 Å². The Morgan fingerprint density at radius 1 is 1.03 bits per heavy atom. The minimum absolute atomic E-state index is 0.0492. The zero-order chi connectivity index (χ0) is 23.1. The number of aromatic nitrogens is 1. The molecule has 0 spiro atoms. The number of sulfone groups is 1. The molecule has 4 N–H and O–H groups in total. The molecule has 0 unspecified atom stereocenters. The second-order valence-electron chi connectivity index (χ2n) is 7.37. The van der Waals surface area contributed by atoms with Gasteiger partial charge in [-0.2, -0.15) is 0 Å². The summed E-state index contributed by atoms with van der Waals surface area (Å²) in [6, 6.07) is 15.9. The first-order valence-corrected chi connectivity index (χ1v) is 11.5. The van der Waals surface area contributed by atoms with Crippen molar-refractivity contribution in [1.29, 1.82) is 0 Å². The number of rotatable bonds is 7. The van der Waals surface area contributed by atoms with Crippen LogP contribution in [0.5, 0.6) is 0 Å². The van der Waals surface area contributed by atoms with Gasteiger partial charge in [0.1, 0.15) is 0 Å². The molecule has 166 valence electrons. The molecule has 0 aliphatic heterocycles. The van der Waals surface area contributed by atoms with Crippen LogP contribution in [0.3, 0.4) is 0 Å². The standard InChI is InChI=1S/C23H25N5O3S/c1-16(2)27-22(29)18-4-3-5-21(14-18)32(30,31)20-8-6-17(7-9-20)15-26-23(24)28-19-10-12-25-13-11-19/h3-14,16H,15H2,1-2H3,(H,27,29)(H3,24,25,26,28). The number of pyridine rings is 1. The summed E-state index contributed by atoms with van der Waals surface area (Å²) in [7, 11) is -3.77. The Kier molecular flexibility index (Phi) is 7.21. The van der Waals surface area contributed by atoms with Gasteiger partial charge in [0.05, 0.1) is 16.3 Å². The van der Waals surface area contributed by atoms with Gasteiger partial charge in [0, 0.05) is 29.7 Å². The second kappa shape index (κ2) is 10.1. The van der Waals surface area contributed by atoms with Gasteiger partial charge >= 0.3 is 0 Å². The third-order valence-corrected chi connectivity index (χ3v) is 6.21. The van der Waals surface area contributed by atoms with E-state index in [9.17, 15) is 13.2 Å². The molecule has 9 heteroatoms.